The zero-order valence-corrected chi connectivity index (χ0v) is 14.1. The maximum atomic E-state index is 2.24. The minimum Gasteiger partial charge on any atom is -0.0622 e. The van der Waals surface area contributed by atoms with Gasteiger partial charge in [0.15, 0.2) is 0 Å². The molecule has 0 aliphatic heterocycles. The van der Waals surface area contributed by atoms with Crippen molar-refractivity contribution in [1.29, 1.82) is 0 Å². The fourth-order valence-electron chi connectivity index (χ4n) is 2.59. The molecule has 0 spiro atoms. The van der Waals surface area contributed by atoms with E-state index < -0.39 is 0 Å². The fraction of sp³-hybridized carbons (Fsp3) is 0.273. The van der Waals surface area contributed by atoms with Crippen LogP contribution in [-0.2, 0) is 0 Å². The van der Waals surface area contributed by atoms with E-state index in [1.807, 2.05) is 6.07 Å². The maximum Gasteiger partial charge on any atom is -0.0149 e. The first kappa shape index (κ1) is 16.3. The van der Waals surface area contributed by atoms with Gasteiger partial charge in [0.05, 0.1) is 0 Å². The molecule has 0 N–H and O–H groups in total. The van der Waals surface area contributed by atoms with Crippen LogP contribution in [0.2, 0.25) is 0 Å². The molecule has 3 aromatic rings. The molecule has 0 saturated carbocycles. The number of benzene rings is 3. The van der Waals surface area contributed by atoms with Crippen LogP contribution in [-0.4, -0.2) is 0 Å². The van der Waals surface area contributed by atoms with Crippen molar-refractivity contribution >= 4 is 10.8 Å². The molecule has 0 aromatic heterocycles. The molecule has 0 aliphatic carbocycles. The summed E-state index contributed by atoms with van der Waals surface area (Å²) >= 11 is 0. The highest BCUT2D eigenvalue weighted by molar-refractivity contribution is 5.86. The highest BCUT2D eigenvalue weighted by Gasteiger charge is 2.02. The van der Waals surface area contributed by atoms with Gasteiger partial charge in [-0.2, -0.15) is 0 Å². The van der Waals surface area contributed by atoms with Crippen LogP contribution in [0.15, 0.2) is 72.8 Å². The van der Waals surface area contributed by atoms with Crippen molar-refractivity contribution in [2.75, 3.05) is 0 Å². The molecule has 0 nitrogen and oxygen atoms in total. The SMILES string of the molecule is CC(C)c1cccc2ccccc12.CC(C)c1ccccc1. The summed E-state index contributed by atoms with van der Waals surface area (Å²) in [5.74, 6) is 1.26. The summed E-state index contributed by atoms with van der Waals surface area (Å²) in [6, 6.07) is 25.6. The number of hydrogen-bond donors (Lipinski definition) is 0. The number of hydrogen-bond acceptors (Lipinski definition) is 0. The van der Waals surface area contributed by atoms with Gasteiger partial charge in [-0.1, -0.05) is 100 Å². The smallest absolute Gasteiger partial charge is 0.0149 e. The van der Waals surface area contributed by atoms with E-state index in [9.17, 15) is 0 Å². The third kappa shape index (κ3) is 4.21. The van der Waals surface area contributed by atoms with Crippen LogP contribution >= 0.6 is 0 Å². The Morgan fingerprint density at radius 3 is 1.73 bits per heavy atom. The molecule has 0 atom stereocenters. The van der Waals surface area contributed by atoms with E-state index in [2.05, 4.69) is 94.4 Å². The van der Waals surface area contributed by atoms with Crippen molar-refractivity contribution in [3.8, 4) is 0 Å². The van der Waals surface area contributed by atoms with Gasteiger partial charge in [0.2, 0.25) is 0 Å². The quantitative estimate of drug-likeness (QED) is 0.488. The zero-order chi connectivity index (χ0) is 15.9. The Bertz CT molecular complexity index is 688. The van der Waals surface area contributed by atoms with Crippen LogP contribution in [0.1, 0.15) is 50.7 Å². The van der Waals surface area contributed by atoms with Gasteiger partial charge in [0.25, 0.3) is 0 Å². The van der Waals surface area contributed by atoms with Gasteiger partial charge in [-0.05, 0) is 33.7 Å². The second-order valence-electron chi connectivity index (χ2n) is 6.29. The predicted molar refractivity (Wildman–Crippen MR) is 98.6 cm³/mol. The van der Waals surface area contributed by atoms with Crippen LogP contribution in [0, 0.1) is 0 Å². The summed E-state index contributed by atoms with van der Waals surface area (Å²) in [7, 11) is 0. The van der Waals surface area contributed by atoms with E-state index in [0.29, 0.717) is 11.8 Å². The molecule has 3 aromatic carbocycles. The average molecular weight is 290 g/mol. The van der Waals surface area contributed by atoms with Gasteiger partial charge in [-0.15, -0.1) is 0 Å². The molecule has 114 valence electrons. The van der Waals surface area contributed by atoms with Crippen LogP contribution in [0.5, 0.6) is 0 Å². The minimum atomic E-state index is 0.603. The molecule has 0 aliphatic rings. The predicted octanol–water partition coefficient (Wildman–Crippen LogP) is 6.77. The first-order valence-corrected chi connectivity index (χ1v) is 8.12. The molecule has 0 amide bonds. The van der Waals surface area contributed by atoms with Crippen molar-refractivity contribution in [3.05, 3.63) is 83.9 Å². The molecular weight excluding hydrogens is 264 g/mol. The van der Waals surface area contributed by atoms with Crippen molar-refractivity contribution in [1.82, 2.24) is 0 Å². The van der Waals surface area contributed by atoms with Gasteiger partial charge < -0.3 is 0 Å². The third-order valence-corrected chi connectivity index (χ3v) is 3.91. The Hall–Kier alpha value is -2.08. The van der Waals surface area contributed by atoms with E-state index in [4.69, 9.17) is 0 Å². The molecule has 0 radical (unpaired) electrons. The fourth-order valence-corrected chi connectivity index (χ4v) is 2.59. The van der Waals surface area contributed by atoms with Crippen molar-refractivity contribution in [2.45, 2.75) is 39.5 Å². The molecule has 0 unspecified atom stereocenters. The van der Waals surface area contributed by atoms with Crippen molar-refractivity contribution in [3.63, 3.8) is 0 Å². The van der Waals surface area contributed by atoms with Crippen molar-refractivity contribution in [2.24, 2.45) is 0 Å². The van der Waals surface area contributed by atoms with Crippen LogP contribution in [0.25, 0.3) is 10.8 Å². The normalized spacial score (nSPS) is 10.6. The van der Waals surface area contributed by atoms with Crippen LogP contribution in [0.3, 0.4) is 0 Å². The lowest BCUT2D eigenvalue weighted by Crippen LogP contribution is -1.88. The summed E-state index contributed by atoms with van der Waals surface area (Å²) in [4.78, 5) is 0. The Morgan fingerprint density at radius 1 is 0.545 bits per heavy atom. The van der Waals surface area contributed by atoms with Crippen molar-refractivity contribution < 1.29 is 0 Å². The zero-order valence-electron chi connectivity index (χ0n) is 14.1. The molecule has 0 saturated heterocycles. The second-order valence-corrected chi connectivity index (χ2v) is 6.29. The Balaban J connectivity index is 0.000000172. The lowest BCUT2D eigenvalue weighted by Gasteiger charge is -2.08. The minimum absolute atomic E-state index is 0.603. The lowest BCUT2D eigenvalue weighted by atomic mass is 9.96. The van der Waals surface area contributed by atoms with Gasteiger partial charge in [0, 0.05) is 0 Å². The lowest BCUT2D eigenvalue weighted by molar-refractivity contribution is 0.867. The summed E-state index contributed by atoms with van der Waals surface area (Å²) < 4.78 is 0. The standard InChI is InChI=1S/C13H14.C9H12/c1-10(2)12-9-5-7-11-6-3-4-8-13(11)12;1-8(2)9-6-4-3-5-7-9/h3-10H,1-2H3;3-8H,1-2H3. The average Bonchev–Trinajstić information content (AvgIpc) is 2.55. The maximum absolute atomic E-state index is 2.24. The molecule has 0 heterocycles. The number of fused-ring (bicyclic) bond motifs is 1. The first-order chi connectivity index (χ1) is 10.6. The molecule has 22 heavy (non-hydrogen) atoms. The topological polar surface area (TPSA) is 0 Å². The van der Waals surface area contributed by atoms with E-state index >= 15 is 0 Å². The highest BCUT2D eigenvalue weighted by atomic mass is 14.1. The molecule has 0 bridgehead atoms. The molecule has 0 heteroatoms. The monoisotopic (exact) mass is 290 g/mol. The first-order valence-electron chi connectivity index (χ1n) is 8.12. The van der Waals surface area contributed by atoms with E-state index in [1.54, 1.807) is 0 Å². The van der Waals surface area contributed by atoms with E-state index in [1.165, 1.54) is 21.9 Å². The third-order valence-electron chi connectivity index (χ3n) is 3.91. The van der Waals surface area contributed by atoms with E-state index in [-0.39, 0.29) is 0 Å². The summed E-state index contributed by atoms with van der Waals surface area (Å²) in [6.07, 6.45) is 0. The highest BCUT2D eigenvalue weighted by Crippen LogP contribution is 2.24. The number of rotatable bonds is 2. The Morgan fingerprint density at radius 2 is 1.14 bits per heavy atom. The summed E-state index contributed by atoms with van der Waals surface area (Å²) in [5.41, 5.74) is 2.86. The van der Waals surface area contributed by atoms with E-state index in [0.717, 1.165) is 0 Å². The molecule has 3 rings (SSSR count). The van der Waals surface area contributed by atoms with Gasteiger partial charge >= 0.3 is 0 Å². The molecule has 0 fully saturated rings. The Kier molecular flexibility index (Phi) is 5.77. The van der Waals surface area contributed by atoms with Crippen LogP contribution < -0.4 is 0 Å². The van der Waals surface area contributed by atoms with Crippen LogP contribution in [0.4, 0.5) is 0 Å². The van der Waals surface area contributed by atoms with Gasteiger partial charge in [-0.25, -0.2) is 0 Å². The van der Waals surface area contributed by atoms with Gasteiger partial charge in [0.1, 0.15) is 0 Å². The molecular formula is C22H26. The summed E-state index contributed by atoms with van der Waals surface area (Å²) in [5, 5.41) is 2.73. The summed E-state index contributed by atoms with van der Waals surface area (Å²) in [6.45, 7) is 8.88. The second kappa shape index (κ2) is 7.79. The largest absolute Gasteiger partial charge is 0.0622 e. The Labute approximate surface area is 134 Å². The van der Waals surface area contributed by atoms with Gasteiger partial charge in [-0.3, -0.25) is 0 Å².